The second kappa shape index (κ2) is 3.92. The van der Waals surface area contributed by atoms with E-state index in [1.807, 2.05) is 11.4 Å². The number of anilines is 1. The van der Waals surface area contributed by atoms with Gasteiger partial charge in [0.05, 0.1) is 9.90 Å². The fourth-order valence-corrected chi connectivity index (χ4v) is 2.69. The second-order valence-electron chi connectivity index (χ2n) is 3.53. The molecule has 0 aliphatic carbocycles. The van der Waals surface area contributed by atoms with Crippen molar-refractivity contribution in [1.82, 2.24) is 0 Å². The molecule has 0 bridgehead atoms. The molecule has 0 aliphatic rings. The third kappa shape index (κ3) is 2.25. The van der Waals surface area contributed by atoms with Crippen molar-refractivity contribution in [1.29, 1.82) is 0 Å². The van der Waals surface area contributed by atoms with Gasteiger partial charge in [0, 0.05) is 11.6 Å². The number of nitrogens with two attached hydrogens (primary N) is 1. The predicted octanol–water partition coefficient (Wildman–Crippen LogP) is 2.40. The largest absolute Gasteiger partial charge is 0.391 e. The quantitative estimate of drug-likeness (QED) is 0.894. The Hall–Kier alpha value is -1.33. The first-order valence-corrected chi connectivity index (χ1v) is 7.38. The lowest BCUT2D eigenvalue weighted by Gasteiger charge is -2.00. The predicted molar refractivity (Wildman–Crippen MR) is 67.3 cm³/mol. The zero-order valence-electron chi connectivity index (χ0n) is 8.67. The number of hydrogen-bond donors (Lipinski definition) is 1. The van der Waals surface area contributed by atoms with Crippen LogP contribution in [0.5, 0.6) is 0 Å². The molecule has 5 heteroatoms. The van der Waals surface area contributed by atoms with Gasteiger partial charge in [-0.2, -0.15) is 0 Å². The van der Waals surface area contributed by atoms with Crippen molar-refractivity contribution >= 4 is 26.2 Å². The van der Waals surface area contributed by atoms with E-state index in [-0.39, 0.29) is 0 Å². The normalized spacial score (nSPS) is 11.6. The Morgan fingerprint density at radius 2 is 1.75 bits per heavy atom. The fourth-order valence-electron chi connectivity index (χ4n) is 1.40. The van der Waals surface area contributed by atoms with Crippen molar-refractivity contribution in [2.24, 2.45) is 0 Å². The Balaban J connectivity index is 2.40. The van der Waals surface area contributed by atoms with Crippen molar-refractivity contribution in [3.8, 4) is 11.1 Å². The summed E-state index contributed by atoms with van der Waals surface area (Å²) in [6.45, 7) is 0. The molecule has 1 aromatic carbocycles. The lowest BCUT2D eigenvalue weighted by molar-refractivity contribution is 0.602. The SMILES string of the molecule is CS(=O)(=O)c1ccc(-c2csc(N)c2)cc1. The Kier molecular flexibility index (Phi) is 2.73. The molecule has 0 saturated carbocycles. The third-order valence-corrected chi connectivity index (χ3v) is 4.13. The van der Waals surface area contributed by atoms with Crippen LogP contribution in [0.25, 0.3) is 11.1 Å². The minimum atomic E-state index is -3.12. The first-order valence-electron chi connectivity index (χ1n) is 4.61. The molecule has 16 heavy (non-hydrogen) atoms. The van der Waals surface area contributed by atoms with Crippen LogP contribution < -0.4 is 5.73 Å². The van der Waals surface area contributed by atoms with Crippen molar-refractivity contribution in [2.75, 3.05) is 12.0 Å². The van der Waals surface area contributed by atoms with Crippen molar-refractivity contribution in [2.45, 2.75) is 4.90 Å². The summed E-state index contributed by atoms with van der Waals surface area (Å²) in [4.78, 5) is 0.333. The van der Waals surface area contributed by atoms with Crippen LogP contribution in [0.3, 0.4) is 0 Å². The van der Waals surface area contributed by atoms with Gasteiger partial charge in [-0.15, -0.1) is 11.3 Å². The highest BCUT2D eigenvalue weighted by molar-refractivity contribution is 7.90. The van der Waals surface area contributed by atoms with E-state index < -0.39 is 9.84 Å². The molecule has 0 aliphatic heterocycles. The van der Waals surface area contributed by atoms with E-state index in [2.05, 4.69) is 0 Å². The van der Waals surface area contributed by atoms with Crippen LogP contribution >= 0.6 is 11.3 Å². The number of hydrogen-bond acceptors (Lipinski definition) is 4. The third-order valence-electron chi connectivity index (χ3n) is 2.24. The van der Waals surface area contributed by atoms with Gasteiger partial charge in [0.25, 0.3) is 0 Å². The molecule has 0 spiro atoms. The first kappa shape index (κ1) is 11.2. The molecular formula is C11H11NO2S2. The second-order valence-corrected chi connectivity index (χ2v) is 6.49. The Morgan fingerprint density at radius 1 is 1.12 bits per heavy atom. The van der Waals surface area contributed by atoms with E-state index in [4.69, 9.17) is 5.73 Å². The van der Waals surface area contributed by atoms with E-state index >= 15 is 0 Å². The molecule has 2 N–H and O–H groups in total. The van der Waals surface area contributed by atoms with Crippen LogP contribution in [-0.4, -0.2) is 14.7 Å². The number of rotatable bonds is 2. The molecule has 0 unspecified atom stereocenters. The molecule has 2 aromatic rings. The summed E-state index contributed by atoms with van der Waals surface area (Å²) in [6, 6.07) is 8.67. The van der Waals surface area contributed by atoms with E-state index in [9.17, 15) is 8.42 Å². The maximum absolute atomic E-state index is 11.3. The molecule has 3 nitrogen and oxygen atoms in total. The minimum absolute atomic E-state index is 0.333. The van der Waals surface area contributed by atoms with Crippen LogP contribution in [0.2, 0.25) is 0 Å². The summed E-state index contributed by atoms with van der Waals surface area (Å²) < 4.78 is 22.5. The van der Waals surface area contributed by atoms with E-state index in [1.54, 1.807) is 24.3 Å². The smallest absolute Gasteiger partial charge is 0.175 e. The number of nitrogen functional groups attached to an aromatic ring is 1. The van der Waals surface area contributed by atoms with E-state index in [1.165, 1.54) is 17.6 Å². The molecule has 0 atom stereocenters. The highest BCUT2D eigenvalue weighted by atomic mass is 32.2. The molecule has 0 saturated heterocycles. The van der Waals surface area contributed by atoms with Gasteiger partial charge in [-0.1, -0.05) is 12.1 Å². The topological polar surface area (TPSA) is 60.2 Å². The lowest BCUT2D eigenvalue weighted by Crippen LogP contribution is -1.95. The molecule has 0 fully saturated rings. The Morgan fingerprint density at radius 3 is 2.19 bits per heavy atom. The maximum atomic E-state index is 11.3. The first-order chi connectivity index (χ1) is 7.47. The summed E-state index contributed by atoms with van der Waals surface area (Å²) in [5.41, 5.74) is 7.63. The van der Waals surface area contributed by atoms with Crippen LogP contribution in [0, 0.1) is 0 Å². The Bertz CT molecular complexity index is 597. The molecule has 1 aromatic heterocycles. The van der Waals surface area contributed by atoms with Gasteiger partial charge < -0.3 is 5.73 Å². The number of sulfone groups is 1. The van der Waals surface area contributed by atoms with Crippen LogP contribution in [0.4, 0.5) is 5.00 Å². The van der Waals surface area contributed by atoms with E-state index in [0.29, 0.717) is 4.90 Å². The van der Waals surface area contributed by atoms with E-state index in [0.717, 1.165) is 16.1 Å². The highest BCUT2D eigenvalue weighted by Crippen LogP contribution is 2.27. The fraction of sp³-hybridized carbons (Fsp3) is 0.0909. The maximum Gasteiger partial charge on any atom is 0.175 e. The zero-order chi connectivity index (χ0) is 11.8. The summed E-state index contributed by atoms with van der Waals surface area (Å²) in [6.07, 6.45) is 1.20. The molecule has 84 valence electrons. The zero-order valence-corrected chi connectivity index (χ0v) is 10.3. The molecule has 0 radical (unpaired) electrons. The van der Waals surface area contributed by atoms with Gasteiger partial charge in [0.1, 0.15) is 0 Å². The van der Waals surface area contributed by atoms with Gasteiger partial charge in [0.2, 0.25) is 0 Å². The molecule has 0 amide bonds. The van der Waals surface area contributed by atoms with Crippen LogP contribution in [-0.2, 0) is 9.84 Å². The molecular weight excluding hydrogens is 242 g/mol. The Labute approximate surface area is 98.5 Å². The van der Waals surface area contributed by atoms with Gasteiger partial charge in [-0.3, -0.25) is 0 Å². The summed E-state index contributed by atoms with van der Waals surface area (Å²) in [7, 11) is -3.12. The monoisotopic (exact) mass is 253 g/mol. The van der Waals surface area contributed by atoms with Crippen LogP contribution in [0.15, 0.2) is 40.6 Å². The van der Waals surface area contributed by atoms with Gasteiger partial charge in [-0.05, 0) is 29.3 Å². The van der Waals surface area contributed by atoms with Crippen molar-refractivity contribution in [3.05, 3.63) is 35.7 Å². The minimum Gasteiger partial charge on any atom is -0.391 e. The summed E-state index contributed by atoms with van der Waals surface area (Å²) in [5, 5.41) is 2.70. The van der Waals surface area contributed by atoms with Gasteiger partial charge in [-0.25, -0.2) is 8.42 Å². The lowest BCUT2D eigenvalue weighted by atomic mass is 10.1. The summed E-state index contributed by atoms with van der Waals surface area (Å²) in [5.74, 6) is 0. The summed E-state index contributed by atoms with van der Waals surface area (Å²) >= 11 is 1.47. The number of benzene rings is 1. The van der Waals surface area contributed by atoms with Gasteiger partial charge >= 0.3 is 0 Å². The van der Waals surface area contributed by atoms with Gasteiger partial charge in [0.15, 0.2) is 9.84 Å². The molecule has 2 rings (SSSR count). The average molecular weight is 253 g/mol. The number of thiophene rings is 1. The van der Waals surface area contributed by atoms with Crippen molar-refractivity contribution in [3.63, 3.8) is 0 Å². The molecule has 1 heterocycles. The van der Waals surface area contributed by atoms with Crippen LogP contribution in [0.1, 0.15) is 0 Å². The highest BCUT2D eigenvalue weighted by Gasteiger charge is 2.07. The average Bonchev–Trinajstić information content (AvgIpc) is 2.64. The standard InChI is InChI=1S/C11H11NO2S2/c1-16(13,14)10-4-2-8(3-5-10)9-6-11(12)15-7-9/h2-7H,12H2,1H3. The van der Waals surface area contributed by atoms with Crippen molar-refractivity contribution < 1.29 is 8.42 Å².